The molecule has 1 aromatic rings. The average molecular weight is 274 g/mol. The van der Waals surface area contributed by atoms with E-state index in [2.05, 4.69) is 0 Å². The highest BCUT2D eigenvalue weighted by Gasteiger charge is 2.46. The summed E-state index contributed by atoms with van der Waals surface area (Å²) >= 11 is 0. The zero-order valence-electron chi connectivity index (χ0n) is 10.0. The SMILES string of the molecule is O=C(O)C1(c2c(O)c(F)cc(F)c2F)CCCCC1. The number of benzene rings is 1. The molecule has 0 radical (unpaired) electrons. The van der Waals surface area contributed by atoms with Crippen molar-refractivity contribution < 1.29 is 28.2 Å². The standard InChI is InChI=1S/C13H13F3O3/c14-7-6-8(15)11(17)9(10(7)16)13(12(18)19)4-2-1-3-5-13/h6,17H,1-5H2,(H,18,19). The minimum Gasteiger partial charge on any atom is -0.505 e. The van der Waals surface area contributed by atoms with E-state index in [9.17, 15) is 28.2 Å². The topological polar surface area (TPSA) is 57.5 Å². The van der Waals surface area contributed by atoms with Crippen molar-refractivity contribution in [1.82, 2.24) is 0 Å². The van der Waals surface area contributed by atoms with Gasteiger partial charge in [-0.25, -0.2) is 13.2 Å². The molecular weight excluding hydrogens is 261 g/mol. The number of phenols is 1. The second kappa shape index (κ2) is 4.75. The molecule has 0 heterocycles. The summed E-state index contributed by atoms with van der Waals surface area (Å²) in [7, 11) is 0. The van der Waals surface area contributed by atoms with Crippen LogP contribution in [-0.4, -0.2) is 16.2 Å². The van der Waals surface area contributed by atoms with Crippen LogP contribution in [0.15, 0.2) is 6.07 Å². The third-order valence-electron chi connectivity index (χ3n) is 3.74. The first kappa shape index (κ1) is 13.7. The van der Waals surface area contributed by atoms with Crippen molar-refractivity contribution in [1.29, 1.82) is 0 Å². The third-order valence-corrected chi connectivity index (χ3v) is 3.74. The number of phenolic OH excluding ortho intramolecular Hbond substituents is 1. The highest BCUT2D eigenvalue weighted by atomic mass is 19.2. The van der Waals surface area contributed by atoms with Crippen molar-refractivity contribution in [3.05, 3.63) is 29.1 Å². The Morgan fingerprint density at radius 2 is 1.68 bits per heavy atom. The molecule has 1 aromatic carbocycles. The number of aliphatic carboxylic acids is 1. The van der Waals surface area contributed by atoms with Gasteiger partial charge in [-0.05, 0) is 12.8 Å². The van der Waals surface area contributed by atoms with Gasteiger partial charge in [0.2, 0.25) is 0 Å². The van der Waals surface area contributed by atoms with Crippen LogP contribution in [0.1, 0.15) is 37.7 Å². The van der Waals surface area contributed by atoms with E-state index in [0.717, 1.165) is 6.42 Å². The quantitative estimate of drug-likeness (QED) is 0.815. The Kier molecular flexibility index (Phi) is 3.43. The first-order valence-corrected chi connectivity index (χ1v) is 6.00. The molecule has 2 N–H and O–H groups in total. The van der Waals surface area contributed by atoms with Gasteiger partial charge in [0.05, 0.1) is 11.0 Å². The van der Waals surface area contributed by atoms with Gasteiger partial charge >= 0.3 is 5.97 Å². The van der Waals surface area contributed by atoms with Crippen molar-refractivity contribution >= 4 is 5.97 Å². The molecule has 0 saturated heterocycles. The van der Waals surface area contributed by atoms with E-state index in [0.29, 0.717) is 12.8 Å². The Bertz CT molecular complexity index is 496. The Morgan fingerprint density at radius 3 is 2.21 bits per heavy atom. The van der Waals surface area contributed by atoms with Crippen LogP contribution in [0.2, 0.25) is 0 Å². The molecule has 0 amide bonds. The lowest BCUT2D eigenvalue weighted by Gasteiger charge is -2.34. The predicted octanol–water partition coefficient (Wildman–Crippen LogP) is 3.10. The minimum atomic E-state index is -1.75. The van der Waals surface area contributed by atoms with E-state index < -0.39 is 40.1 Å². The van der Waals surface area contributed by atoms with Crippen LogP contribution in [0.4, 0.5) is 13.2 Å². The molecule has 0 unspecified atom stereocenters. The van der Waals surface area contributed by atoms with Crippen molar-refractivity contribution in [2.24, 2.45) is 0 Å². The number of aromatic hydroxyl groups is 1. The second-order valence-corrected chi connectivity index (χ2v) is 4.83. The molecule has 1 fully saturated rings. The molecule has 1 aliphatic carbocycles. The number of carboxylic acids is 1. The summed E-state index contributed by atoms with van der Waals surface area (Å²) in [5, 5.41) is 19.0. The van der Waals surface area contributed by atoms with E-state index in [1.807, 2.05) is 0 Å². The van der Waals surface area contributed by atoms with Crippen LogP contribution in [0.25, 0.3) is 0 Å². The van der Waals surface area contributed by atoms with E-state index in [1.54, 1.807) is 0 Å². The third kappa shape index (κ3) is 2.05. The van der Waals surface area contributed by atoms with Gasteiger partial charge in [0, 0.05) is 6.07 Å². The van der Waals surface area contributed by atoms with Crippen LogP contribution < -0.4 is 0 Å². The molecule has 1 saturated carbocycles. The van der Waals surface area contributed by atoms with Gasteiger partial charge in [0.1, 0.15) is 0 Å². The number of hydrogen-bond acceptors (Lipinski definition) is 2. The lowest BCUT2D eigenvalue weighted by molar-refractivity contribution is -0.145. The smallest absolute Gasteiger partial charge is 0.314 e. The molecular formula is C13H13F3O3. The van der Waals surface area contributed by atoms with Gasteiger partial charge in [-0.1, -0.05) is 19.3 Å². The van der Waals surface area contributed by atoms with Gasteiger partial charge < -0.3 is 10.2 Å². The van der Waals surface area contributed by atoms with Gasteiger partial charge in [0.25, 0.3) is 0 Å². The lowest BCUT2D eigenvalue weighted by Crippen LogP contribution is -2.39. The summed E-state index contributed by atoms with van der Waals surface area (Å²) < 4.78 is 40.5. The molecule has 0 aliphatic heterocycles. The predicted molar refractivity (Wildman–Crippen MR) is 60.4 cm³/mol. The fourth-order valence-corrected chi connectivity index (χ4v) is 2.75. The highest BCUT2D eigenvalue weighted by molar-refractivity contribution is 5.82. The second-order valence-electron chi connectivity index (χ2n) is 4.83. The Morgan fingerprint density at radius 1 is 1.11 bits per heavy atom. The first-order chi connectivity index (χ1) is 8.90. The Balaban J connectivity index is 2.70. The zero-order chi connectivity index (χ0) is 14.2. The number of rotatable bonds is 2. The van der Waals surface area contributed by atoms with Gasteiger partial charge in [-0.3, -0.25) is 4.79 Å². The van der Waals surface area contributed by atoms with E-state index >= 15 is 0 Å². The molecule has 0 atom stereocenters. The van der Waals surface area contributed by atoms with Gasteiger partial charge in [-0.2, -0.15) is 0 Å². The van der Waals surface area contributed by atoms with Crippen LogP contribution in [0.3, 0.4) is 0 Å². The average Bonchev–Trinajstić information content (AvgIpc) is 2.37. The van der Waals surface area contributed by atoms with E-state index in [1.165, 1.54) is 0 Å². The summed E-state index contributed by atoms with van der Waals surface area (Å²) in [6.07, 6.45) is 1.88. The van der Waals surface area contributed by atoms with Crippen molar-refractivity contribution in [2.45, 2.75) is 37.5 Å². The molecule has 6 heteroatoms. The fourth-order valence-electron chi connectivity index (χ4n) is 2.75. The van der Waals surface area contributed by atoms with Gasteiger partial charge in [-0.15, -0.1) is 0 Å². The normalized spacial score (nSPS) is 18.3. The molecule has 0 bridgehead atoms. The molecule has 3 nitrogen and oxygen atoms in total. The summed E-state index contributed by atoms with van der Waals surface area (Å²) in [6.45, 7) is 0. The van der Waals surface area contributed by atoms with Crippen molar-refractivity contribution in [2.75, 3.05) is 0 Å². The van der Waals surface area contributed by atoms with E-state index in [-0.39, 0.29) is 18.9 Å². The number of carboxylic acid groups (broad SMARTS) is 1. The van der Waals surface area contributed by atoms with Crippen molar-refractivity contribution in [3.63, 3.8) is 0 Å². The summed E-state index contributed by atoms with van der Waals surface area (Å²) in [6, 6.07) is 0.215. The molecule has 1 aliphatic rings. The van der Waals surface area contributed by atoms with Crippen molar-refractivity contribution in [3.8, 4) is 5.75 Å². The van der Waals surface area contributed by atoms with Crippen LogP contribution in [0, 0.1) is 17.5 Å². The monoisotopic (exact) mass is 274 g/mol. The highest BCUT2D eigenvalue weighted by Crippen LogP contribution is 2.45. The Hall–Kier alpha value is -1.72. The number of hydrogen-bond donors (Lipinski definition) is 2. The largest absolute Gasteiger partial charge is 0.505 e. The molecule has 0 spiro atoms. The first-order valence-electron chi connectivity index (χ1n) is 6.00. The molecule has 0 aromatic heterocycles. The van der Waals surface area contributed by atoms with Crippen LogP contribution in [0.5, 0.6) is 5.75 Å². The maximum Gasteiger partial charge on any atom is 0.314 e. The Labute approximate surface area is 107 Å². The van der Waals surface area contributed by atoms with E-state index in [4.69, 9.17) is 0 Å². The van der Waals surface area contributed by atoms with Gasteiger partial charge in [0.15, 0.2) is 23.2 Å². The molecule has 2 rings (SSSR count). The number of carbonyl (C=O) groups is 1. The number of halogens is 3. The summed E-state index contributed by atoms with van der Waals surface area (Å²) in [4.78, 5) is 11.5. The molecule has 19 heavy (non-hydrogen) atoms. The summed E-state index contributed by atoms with van der Waals surface area (Å²) in [5.41, 5.74) is -2.52. The van der Waals surface area contributed by atoms with Crippen LogP contribution >= 0.6 is 0 Å². The maximum absolute atomic E-state index is 13.9. The summed E-state index contributed by atoms with van der Waals surface area (Å²) in [5.74, 6) is -6.80. The fraction of sp³-hybridized carbons (Fsp3) is 0.462. The maximum atomic E-state index is 13.9. The zero-order valence-corrected chi connectivity index (χ0v) is 10.0. The molecule has 104 valence electrons. The lowest BCUT2D eigenvalue weighted by atomic mass is 9.69. The minimum absolute atomic E-state index is 0.0513. The van der Waals surface area contributed by atoms with Crippen LogP contribution in [-0.2, 0) is 10.2 Å².